The van der Waals surface area contributed by atoms with Gasteiger partial charge in [0, 0.05) is 19.3 Å². The van der Waals surface area contributed by atoms with Gasteiger partial charge in [0.25, 0.3) is 0 Å². The maximum Gasteiger partial charge on any atom is 0.306 e. The number of rotatable bonds is 48. The third-order valence-corrected chi connectivity index (χ3v) is 11.4. The Bertz CT molecular complexity index is 1270. The van der Waals surface area contributed by atoms with E-state index in [0.29, 0.717) is 19.3 Å². The summed E-state index contributed by atoms with van der Waals surface area (Å²) in [5.41, 5.74) is 0. The van der Waals surface area contributed by atoms with Crippen molar-refractivity contribution in [3.8, 4) is 0 Å². The monoisotopic (exact) mass is 905 g/mol. The average Bonchev–Trinajstić information content (AvgIpc) is 3.30. The van der Waals surface area contributed by atoms with Crippen molar-refractivity contribution in [2.75, 3.05) is 13.2 Å². The first-order valence-electron chi connectivity index (χ1n) is 27.1. The number of hydrogen-bond acceptors (Lipinski definition) is 6. The number of hydrogen-bond donors (Lipinski definition) is 0. The first-order chi connectivity index (χ1) is 32.0. The van der Waals surface area contributed by atoms with Gasteiger partial charge in [0.1, 0.15) is 13.2 Å². The highest BCUT2D eigenvalue weighted by molar-refractivity contribution is 5.71. The molecule has 0 aromatic heterocycles. The number of carbonyl (C=O) groups is 3. The molecule has 0 aliphatic heterocycles. The van der Waals surface area contributed by atoms with E-state index in [9.17, 15) is 14.4 Å². The Morgan fingerprint density at radius 1 is 0.308 bits per heavy atom. The van der Waals surface area contributed by atoms with Gasteiger partial charge in [-0.2, -0.15) is 0 Å². The fourth-order valence-corrected chi connectivity index (χ4v) is 7.26. The van der Waals surface area contributed by atoms with E-state index in [2.05, 4.69) is 106 Å². The fraction of sp³-hybridized carbons (Fsp3) is 0.712. The van der Waals surface area contributed by atoms with Crippen LogP contribution in [0.4, 0.5) is 0 Å². The first kappa shape index (κ1) is 61.6. The molecule has 0 saturated carbocycles. The van der Waals surface area contributed by atoms with Crippen LogP contribution in [-0.4, -0.2) is 37.2 Å². The van der Waals surface area contributed by atoms with Crippen LogP contribution in [0.15, 0.2) is 85.1 Å². The smallest absolute Gasteiger partial charge is 0.306 e. The summed E-state index contributed by atoms with van der Waals surface area (Å²) in [7, 11) is 0. The summed E-state index contributed by atoms with van der Waals surface area (Å²) >= 11 is 0. The minimum Gasteiger partial charge on any atom is -0.462 e. The Balaban J connectivity index is 4.50. The van der Waals surface area contributed by atoms with Crippen LogP contribution in [0.3, 0.4) is 0 Å². The highest BCUT2D eigenvalue weighted by Gasteiger charge is 2.19. The van der Waals surface area contributed by atoms with Gasteiger partial charge < -0.3 is 14.2 Å². The molecular weight excluding hydrogens is 805 g/mol. The number of allylic oxidation sites excluding steroid dienone is 14. The summed E-state index contributed by atoms with van der Waals surface area (Å²) in [4.78, 5) is 38.0. The third kappa shape index (κ3) is 51.4. The van der Waals surface area contributed by atoms with E-state index in [1.807, 2.05) is 0 Å². The summed E-state index contributed by atoms with van der Waals surface area (Å²) < 4.78 is 16.7. The lowest BCUT2D eigenvalue weighted by molar-refractivity contribution is -0.167. The molecule has 0 radical (unpaired) electrons. The summed E-state index contributed by atoms with van der Waals surface area (Å²) in [6, 6.07) is 0. The summed E-state index contributed by atoms with van der Waals surface area (Å²) in [5, 5.41) is 0. The van der Waals surface area contributed by atoms with Crippen LogP contribution < -0.4 is 0 Å². The molecule has 0 aliphatic carbocycles. The molecule has 6 nitrogen and oxygen atoms in total. The Kier molecular flexibility index (Phi) is 50.4. The van der Waals surface area contributed by atoms with Gasteiger partial charge in [-0.15, -0.1) is 0 Å². The van der Waals surface area contributed by atoms with Gasteiger partial charge in [0.15, 0.2) is 6.10 Å². The van der Waals surface area contributed by atoms with Crippen molar-refractivity contribution < 1.29 is 28.6 Å². The lowest BCUT2D eigenvalue weighted by atomic mass is 10.1. The molecule has 0 fully saturated rings. The van der Waals surface area contributed by atoms with Gasteiger partial charge in [-0.1, -0.05) is 221 Å². The van der Waals surface area contributed by atoms with Crippen LogP contribution in [0, 0.1) is 0 Å². The van der Waals surface area contributed by atoms with Crippen molar-refractivity contribution in [3.05, 3.63) is 85.1 Å². The summed E-state index contributed by atoms with van der Waals surface area (Å²) in [6.07, 6.45) is 68.6. The molecule has 0 aliphatic rings. The molecule has 6 heteroatoms. The molecule has 0 unspecified atom stereocenters. The third-order valence-electron chi connectivity index (χ3n) is 11.4. The van der Waals surface area contributed by atoms with Gasteiger partial charge in [-0.3, -0.25) is 14.4 Å². The maximum atomic E-state index is 12.8. The molecule has 0 spiro atoms. The largest absolute Gasteiger partial charge is 0.462 e. The van der Waals surface area contributed by atoms with E-state index in [1.54, 1.807) is 0 Å². The minimum absolute atomic E-state index is 0.106. The van der Waals surface area contributed by atoms with Crippen molar-refractivity contribution in [2.45, 2.75) is 258 Å². The van der Waals surface area contributed by atoms with Gasteiger partial charge in [0.2, 0.25) is 0 Å². The molecule has 0 aromatic rings. The lowest BCUT2D eigenvalue weighted by Crippen LogP contribution is -2.30. The van der Waals surface area contributed by atoms with Crippen LogP contribution >= 0.6 is 0 Å². The number of unbranched alkanes of at least 4 members (excludes halogenated alkanes) is 23. The molecule has 0 heterocycles. The molecule has 65 heavy (non-hydrogen) atoms. The van der Waals surface area contributed by atoms with Crippen molar-refractivity contribution in [1.29, 1.82) is 0 Å². The number of ether oxygens (including phenoxy) is 3. The van der Waals surface area contributed by atoms with E-state index in [1.165, 1.54) is 122 Å². The number of carbonyl (C=O) groups excluding carboxylic acids is 3. The molecule has 0 N–H and O–H groups in total. The molecule has 1 atom stereocenters. The van der Waals surface area contributed by atoms with Crippen molar-refractivity contribution in [2.24, 2.45) is 0 Å². The van der Waals surface area contributed by atoms with Gasteiger partial charge in [-0.25, -0.2) is 0 Å². The molecular formula is C59H100O6. The molecule has 0 bridgehead atoms. The Hall–Kier alpha value is -3.41. The van der Waals surface area contributed by atoms with Crippen LogP contribution in [0.1, 0.15) is 252 Å². The number of esters is 3. The van der Waals surface area contributed by atoms with Crippen LogP contribution in [-0.2, 0) is 28.6 Å². The van der Waals surface area contributed by atoms with Crippen LogP contribution in [0.25, 0.3) is 0 Å². The maximum absolute atomic E-state index is 12.8. The molecule has 0 saturated heterocycles. The van der Waals surface area contributed by atoms with Crippen LogP contribution in [0.2, 0.25) is 0 Å². The van der Waals surface area contributed by atoms with E-state index in [0.717, 1.165) is 83.5 Å². The van der Waals surface area contributed by atoms with E-state index in [4.69, 9.17) is 14.2 Å². The van der Waals surface area contributed by atoms with E-state index >= 15 is 0 Å². The summed E-state index contributed by atoms with van der Waals surface area (Å²) in [6.45, 7) is 6.53. The van der Waals surface area contributed by atoms with Crippen molar-refractivity contribution >= 4 is 17.9 Å². The Morgan fingerprint density at radius 2 is 0.569 bits per heavy atom. The predicted octanol–water partition coefficient (Wildman–Crippen LogP) is 18.0. The van der Waals surface area contributed by atoms with E-state index < -0.39 is 6.10 Å². The molecule has 0 aromatic carbocycles. The first-order valence-corrected chi connectivity index (χ1v) is 27.1. The highest BCUT2D eigenvalue weighted by Crippen LogP contribution is 2.14. The van der Waals surface area contributed by atoms with E-state index in [-0.39, 0.29) is 37.5 Å². The SMILES string of the molecule is CCCCC/C=C\C/C=C\C/C=C\C/C=C\CCCCCC(=O)OC[C@H](COC(=O)CCCCCCCCCCCCC)OC(=O)CCC/C=C\C/C=C\C/C=C\CCCCCCCC. The van der Waals surface area contributed by atoms with Crippen LogP contribution in [0.5, 0.6) is 0 Å². The normalized spacial score (nSPS) is 12.7. The summed E-state index contributed by atoms with van der Waals surface area (Å²) in [5.74, 6) is -0.990. The highest BCUT2D eigenvalue weighted by atomic mass is 16.6. The zero-order chi connectivity index (χ0) is 47.2. The Labute approximate surface area is 401 Å². The predicted molar refractivity (Wildman–Crippen MR) is 279 cm³/mol. The Morgan fingerprint density at radius 3 is 0.954 bits per heavy atom. The second kappa shape index (κ2) is 53.2. The zero-order valence-electron chi connectivity index (χ0n) is 42.5. The topological polar surface area (TPSA) is 78.9 Å². The van der Waals surface area contributed by atoms with Crippen molar-refractivity contribution in [1.82, 2.24) is 0 Å². The van der Waals surface area contributed by atoms with Gasteiger partial charge >= 0.3 is 17.9 Å². The average molecular weight is 905 g/mol. The second-order valence-corrected chi connectivity index (χ2v) is 17.8. The minimum atomic E-state index is -0.814. The molecule has 0 rings (SSSR count). The van der Waals surface area contributed by atoms with Crippen molar-refractivity contribution in [3.63, 3.8) is 0 Å². The van der Waals surface area contributed by atoms with Gasteiger partial charge in [-0.05, 0) is 96.3 Å². The molecule has 0 amide bonds. The molecule has 372 valence electrons. The lowest BCUT2D eigenvalue weighted by Gasteiger charge is -2.18. The fourth-order valence-electron chi connectivity index (χ4n) is 7.26. The standard InChI is InChI=1S/C59H100O6/c1-4-7-10-13-16-19-22-24-26-28-29-31-32-34-37-40-43-46-49-52-58(61)64-55-56(54-63-57(60)51-48-45-42-39-36-21-18-15-12-9-6-3)65-59(62)53-50-47-44-41-38-35-33-30-27-25-23-20-17-14-11-8-5-2/h16,19,24-27,29,31,33-35,37,41,44,56H,4-15,17-18,20-23,28,30,32,36,38-40,42-43,45-55H2,1-3H3/b19-16-,26-24-,27-25-,31-29-,35-33-,37-34-,44-41-/t56-/m0/s1. The second-order valence-electron chi connectivity index (χ2n) is 17.8. The van der Waals surface area contributed by atoms with Gasteiger partial charge in [0.05, 0.1) is 0 Å². The quantitative estimate of drug-likeness (QED) is 0.0262. The zero-order valence-corrected chi connectivity index (χ0v) is 42.5.